The highest BCUT2D eigenvalue weighted by molar-refractivity contribution is 6.33. The molecule has 0 atom stereocenters. The third-order valence-corrected chi connectivity index (χ3v) is 3.10. The first kappa shape index (κ1) is 14.8. The van der Waals surface area contributed by atoms with Crippen molar-refractivity contribution in [1.29, 1.82) is 0 Å². The van der Waals surface area contributed by atoms with E-state index in [1.807, 2.05) is 0 Å². The first-order valence-electron chi connectivity index (χ1n) is 5.99. The Labute approximate surface area is 125 Å². The van der Waals surface area contributed by atoms with Gasteiger partial charge in [-0.15, -0.1) is 0 Å². The molecule has 2 aromatic rings. The first-order valence-corrected chi connectivity index (χ1v) is 6.36. The molecule has 0 fully saturated rings. The van der Waals surface area contributed by atoms with Gasteiger partial charge in [-0.25, -0.2) is 9.78 Å². The fourth-order valence-corrected chi connectivity index (χ4v) is 1.74. The number of benzene rings is 1. The van der Waals surface area contributed by atoms with Crippen molar-refractivity contribution in [2.24, 2.45) is 0 Å². The second kappa shape index (κ2) is 6.23. The molecule has 21 heavy (non-hydrogen) atoms. The third-order valence-electron chi connectivity index (χ3n) is 2.76. The maximum atomic E-state index is 11.9. The number of carboxylic acid groups (broad SMARTS) is 1. The summed E-state index contributed by atoms with van der Waals surface area (Å²) in [5.74, 6) is -1.40. The van der Waals surface area contributed by atoms with E-state index < -0.39 is 5.97 Å². The number of nitrogens with zero attached hydrogens (tertiary/aromatic N) is 1. The zero-order valence-corrected chi connectivity index (χ0v) is 11.6. The van der Waals surface area contributed by atoms with Crippen LogP contribution in [-0.2, 0) is 6.54 Å². The van der Waals surface area contributed by atoms with Gasteiger partial charge in [-0.1, -0.05) is 17.7 Å². The van der Waals surface area contributed by atoms with Crippen LogP contribution >= 0.6 is 11.6 Å². The summed E-state index contributed by atoms with van der Waals surface area (Å²) in [6.45, 7) is 0.230. The topological polar surface area (TPSA) is 105 Å². The van der Waals surface area contributed by atoms with Crippen LogP contribution in [0.5, 0.6) is 0 Å². The molecule has 0 unspecified atom stereocenters. The Hall–Kier alpha value is -2.60. The second-order valence-electron chi connectivity index (χ2n) is 4.28. The van der Waals surface area contributed by atoms with Crippen LogP contribution in [-0.4, -0.2) is 22.0 Å². The van der Waals surface area contributed by atoms with E-state index in [1.165, 1.54) is 18.3 Å². The molecule has 4 N–H and O–H groups in total. The van der Waals surface area contributed by atoms with Gasteiger partial charge < -0.3 is 16.2 Å². The number of aromatic nitrogens is 1. The number of nitrogens with two attached hydrogens (primary N) is 1. The van der Waals surface area contributed by atoms with E-state index in [9.17, 15) is 9.59 Å². The van der Waals surface area contributed by atoms with Gasteiger partial charge in [0.25, 0.3) is 5.91 Å². The van der Waals surface area contributed by atoms with E-state index in [1.54, 1.807) is 18.2 Å². The number of amides is 1. The molecule has 0 bridgehead atoms. The lowest BCUT2D eigenvalue weighted by Gasteiger charge is -2.07. The lowest BCUT2D eigenvalue weighted by Crippen LogP contribution is -2.23. The predicted octanol–water partition coefficient (Wildman–Crippen LogP) is 1.95. The summed E-state index contributed by atoms with van der Waals surface area (Å²) in [6.07, 6.45) is 1.40. The van der Waals surface area contributed by atoms with Crippen LogP contribution in [0.25, 0.3) is 0 Å². The molecule has 1 aromatic heterocycles. The summed E-state index contributed by atoms with van der Waals surface area (Å²) in [4.78, 5) is 26.4. The summed E-state index contributed by atoms with van der Waals surface area (Å²) in [6, 6.07) is 7.58. The Kier molecular flexibility index (Phi) is 4.39. The van der Waals surface area contributed by atoms with Gasteiger partial charge in [-0.3, -0.25) is 4.79 Å². The van der Waals surface area contributed by atoms with Gasteiger partial charge >= 0.3 is 5.97 Å². The monoisotopic (exact) mass is 305 g/mol. The number of carbonyl (C=O) groups excluding carboxylic acids is 1. The average molecular weight is 306 g/mol. The highest BCUT2D eigenvalue weighted by Crippen LogP contribution is 2.19. The highest BCUT2D eigenvalue weighted by atomic mass is 35.5. The molecule has 0 aliphatic carbocycles. The van der Waals surface area contributed by atoms with Gasteiger partial charge in [0, 0.05) is 18.3 Å². The van der Waals surface area contributed by atoms with Crippen LogP contribution < -0.4 is 11.1 Å². The maximum Gasteiger partial charge on any atom is 0.354 e. The zero-order chi connectivity index (χ0) is 15.4. The normalized spacial score (nSPS) is 10.1. The minimum Gasteiger partial charge on any atom is -0.477 e. The number of nitrogens with one attached hydrogen (secondary N) is 1. The van der Waals surface area contributed by atoms with Gasteiger partial charge in [0.1, 0.15) is 5.69 Å². The van der Waals surface area contributed by atoms with Crippen molar-refractivity contribution in [3.8, 4) is 0 Å². The van der Waals surface area contributed by atoms with Crippen molar-refractivity contribution >= 4 is 29.2 Å². The maximum absolute atomic E-state index is 11.9. The predicted molar refractivity (Wildman–Crippen MR) is 78.2 cm³/mol. The van der Waals surface area contributed by atoms with Crippen LogP contribution in [0.2, 0.25) is 5.02 Å². The first-order chi connectivity index (χ1) is 9.97. The van der Waals surface area contributed by atoms with Crippen molar-refractivity contribution in [1.82, 2.24) is 10.3 Å². The average Bonchev–Trinajstić information content (AvgIpc) is 2.48. The van der Waals surface area contributed by atoms with E-state index in [4.69, 9.17) is 22.4 Å². The smallest absolute Gasteiger partial charge is 0.354 e. The summed E-state index contributed by atoms with van der Waals surface area (Å²) < 4.78 is 0. The number of aromatic carboxylic acids is 1. The molecular weight excluding hydrogens is 294 g/mol. The van der Waals surface area contributed by atoms with E-state index in [-0.39, 0.29) is 18.1 Å². The fraction of sp³-hybridized carbons (Fsp3) is 0.0714. The quantitative estimate of drug-likeness (QED) is 0.749. The molecule has 0 spiro atoms. The van der Waals surface area contributed by atoms with E-state index in [0.717, 1.165) is 0 Å². The Morgan fingerprint density at radius 3 is 2.62 bits per heavy atom. The standard InChI is InChI=1S/C14H12ClN3O3/c15-10-3-2-9(5-11(10)16)13(19)18-7-8-1-4-12(14(20)21)17-6-8/h1-6H,7,16H2,(H,18,19)(H,20,21). The zero-order valence-electron chi connectivity index (χ0n) is 10.8. The van der Waals surface area contributed by atoms with Gasteiger partial charge in [-0.05, 0) is 29.8 Å². The van der Waals surface area contributed by atoms with Crippen LogP contribution in [0.4, 0.5) is 5.69 Å². The lowest BCUT2D eigenvalue weighted by molar-refractivity contribution is 0.0690. The van der Waals surface area contributed by atoms with Crippen LogP contribution in [0.1, 0.15) is 26.4 Å². The number of halogens is 1. The molecule has 0 aliphatic rings. The van der Waals surface area contributed by atoms with Crippen LogP contribution in [0.15, 0.2) is 36.5 Å². The van der Waals surface area contributed by atoms with Crippen molar-refractivity contribution < 1.29 is 14.7 Å². The number of rotatable bonds is 4. The minimum atomic E-state index is -1.10. The Bertz CT molecular complexity index is 686. The summed E-state index contributed by atoms with van der Waals surface area (Å²) >= 11 is 5.79. The van der Waals surface area contributed by atoms with Crippen LogP contribution in [0.3, 0.4) is 0 Å². The fourth-order valence-electron chi connectivity index (χ4n) is 1.62. The van der Waals surface area contributed by atoms with Gasteiger partial charge in [0.05, 0.1) is 10.7 Å². The van der Waals surface area contributed by atoms with Crippen LogP contribution in [0, 0.1) is 0 Å². The number of hydrogen-bond acceptors (Lipinski definition) is 4. The SMILES string of the molecule is Nc1cc(C(=O)NCc2ccc(C(=O)O)nc2)ccc1Cl. The summed E-state index contributed by atoms with van der Waals surface area (Å²) in [7, 11) is 0. The van der Waals surface area contributed by atoms with Crippen molar-refractivity contribution in [2.45, 2.75) is 6.54 Å². The molecule has 0 saturated heterocycles. The number of carbonyl (C=O) groups is 2. The minimum absolute atomic E-state index is 0.0458. The van der Waals surface area contributed by atoms with Crippen molar-refractivity contribution in [3.05, 3.63) is 58.4 Å². The molecular formula is C14H12ClN3O3. The molecule has 0 saturated carbocycles. The number of anilines is 1. The largest absolute Gasteiger partial charge is 0.477 e. The van der Waals surface area contributed by atoms with E-state index in [0.29, 0.717) is 21.8 Å². The molecule has 1 heterocycles. The Morgan fingerprint density at radius 2 is 2.05 bits per heavy atom. The Balaban J connectivity index is 2.00. The summed E-state index contributed by atoms with van der Waals surface area (Å²) in [5, 5.41) is 11.8. The highest BCUT2D eigenvalue weighted by Gasteiger charge is 2.08. The van der Waals surface area contributed by atoms with Gasteiger partial charge in [0.2, 0.25) is 0 Å². The molecule has 1 amide bonds. The van der Waals surface area contributed by atoms with Crippen molar-refractivity contribution in [2.75, 3.05) is 5.73 Å². The Morgan fingerprint density at radius 1 is 1.29 bits per heavy atom. The van der Waals surface area contributed by atoms with E-state index in [2.05, 4.69) is 10.3 Å². The van der Waals surface area contributed by atoms with E-state index >= 15 is 0 Å². The van der Waals surface area contributed by atoms with Crippen molar-refractivity contribution in [3.63, 3.8) is 0 Å². The lowest BCUT2D eigenvalue weighted by atomic mass is 10.2. The number of nitrogen functional groups attached to an aromatic ring is 1. The molecule has 0 radical (unpaired) electrons. The molecule has 2 rings (SSSR count). The molecule has 1 aromatic carbocycles. The number of pyridine rings is 1. The molecule has 7 heteroatoms. The van der Waals surface area contributed by atoms with Gasteiger partial charge in [0.15, 0.2) is 0 Å². The number of hydrogen-bond donors (Lipinski definition) is 3. The second-order valence-corrected chi connectivity index (χ2v) is 4.68. The third kappa shape index (κ3) is 3.70. The molecule has 6 nitrogen and oxygen atoms in total. The molecule has 108 valence electrons. The summed E-state index contributed by atoms with van der Waals surface area (Å²) in [5.41, 5.74) is 7.00. The molecule has 0 aliphatic heterocycles. The number of carboxylic acids is 1. The van der Waals surface area contributed by atoms with Gasteiger partial charge in [-0.2, -0.15) is 0 Å².